The summed E-state index contributed by atoms with van der Waals surface area (Å²) in [4.78, 5) is 21.6. The predicted octanol–water partition coefficient (Wildman–Crippen LogP) is 6.73. The van der Waals surface area contributed by atoms with Gasteiger partial charge < -0.3 is 29.3 Å². The quantitative estimate of drug-likeness (QED) is 0.208. The van der Waals surface area contributed by atoms with Crippen LogP contribution >= 0.6 is 0 Å². The van der Waals surface area contributed by atoms with E-state index in [1.54, 1.807) is 12.1 Å². The molecule has 42 heavy (non-hydrogen) atoms. The number of hydrogen-bond acceptors (Lipinski definition) is 5. The number of carbonyl (C=O) groups is 1. The van der Waals surface area contributed by atoms with Crippen LogP contribution in [0.4, 0.5) is 4.39 Å². The normalized spacial score (nSPS) is 18.0. The van der Waals surface area contributed by atoms with Gasteiger partial charge in [0.15, 0.2) is 0 Å². The van der Waals surface area contributed by atoms with E-state index in [1.165, 1.54) is 64.1 Å². The molecular weight excluding hydrogens is 531 g/mol. The van der Waals surface area contributed by atoms with Gasteiger partial charge in [0, 0.05) is 42.1 Å². The molecule has 0 aliphatic carbocycles. The van der Waals surface area contributed by atoms with Gasteiger partial charge in [0.05, 0.1) is 11.6 Å². The number of amides is 1. The number of halogens is 1. The van der Waals surface area contributed by atoms with Crippen LogP contribution in [0.25, 0.3) is 21.9 Å². The summed E-state index contributed by atoms with van der Waals surface area (Å²) in [7, 11) is 0. The summed E-state index contributed by atoms with van der Waals surface area (Å²) in [5, 5.41) is 4.50. The third-order valence-corrected chi connectivity index (χ3v) is 8.99. The van der Waals surface area contributed by atoms with Crippen molar-refractivity contribution in [3.8, 4) is 5.75 Å². The first-order chi connectivity index (χ1) is 20.5. The Morgan fingerprint density at radius 3 is 2.74 bits per heavy atom. The van der Waals surface area contributed by atoms with Crippen molar-refractivity contribution in [2.24, 2.45) is 5.92 Å². The van der Waals surface area contributed by atoms with Crippen molar-refractivity contribution in [3.63, 3.8) is 0 Å². The van der Waals surface area contributed by atoms with E-state index < -0.39 is 0 Å². The van der Waals surface area contributed by atoms with E-state index in [2.05, 4.69) is 27.0 Å². The molecule has 2 aromatic carbocycles. The zero-order valence-corrected chi connectivity index (χ0v) is 24.7. The van der Waals surface area contributed by atoms with Gasteiger partial charge in [-0.05, 0) is 94.4 Å². The lowest BCUT2D eigenvalue weighted by Crippen LogP contribution is -2.45. The topological polar surface area (TPSA) is 73.7 Å². The Kier molecular flexibility index (Phi) is 9.10. The summed E-state index contributed by atoms with van der Waals surface area (Å²) < 4.78 is 25.9. The highest BCUT2D eigenvalue weighted by atomic mass is 19.1. The van der Waals surface area contributed by atoms with Gasteiger partial charge in [0.2, 0.25) is 0 Å². The van der Waals surface area contributed by atoms with Crippen LogP contribution in [-0.2, 0) is 6.61 Å². The highest BCUT2D eigenvalue weighted by molar-refractivity contribution is 5.99. The van der Waals surface area contributed by atoms with Gasteiger partial charge in [-0.15, -0.1) is 0 Å². The first-order valence-electron chi connectivity index (χ1n) is 15.7. The number of carbonyl (C=O) groups excluding carboxylic acids is 1. The van der Waals surface area contributed by atoms with E-state index in [1.807, 2.05) is 24.3 Å². The van der Waals surface area contributed by atoms with Gasteiger partial charge in [-0.25, -0.2) is 4.39 Å². The number of benzene rings is 2. The molecule has 2 N–H and O–H groups in total. The molecular formula is C34H43FN4O3. The Bertz CT molecular complexity index is 1480. The first-order valence-corrected chi connectivity index (χ1v) is 15.7. The molecule has 1 amide bonds. The minimum absolute atomic E-state index is 0.0930. The molecule has 2 aliphatic rings. The average molecular weight is 575 g/mol. The molecule has 6 rings (SSSR count). The first kappa shape index (κ1) is 28.7. The van der Waals surface area contributed by atoms with Crippen LogP contribution in [0.15, 0.2) is 53.1 Å². The van der Waals surface area contributed by atoms with Crippen LogP contribution in [0.2, 0.25) is 0 Å². The summed E-state index contributed by atoms with van der Waals surface area (Å²) in [5.74, 6) is 0.911. The van der Waals surface area contributed by atoms with Crippen LogP contribution in [0.5, 0.6) is 5.75 Å². The molecule has 224 valence electrons. The minimum atomic E-state index is -0.331. The lowest BCUT2D eigenvalue weighted by atomic mass is 10.0. The van der Waals surface area contributed by atoms with E-state index in [9.17, 15) is 9.18 Å². The minimum Gasteiger partial charge on any atom is -0.488 e. The fraction of sp³-hybridized carbons (Fsp3) is 0.500. The molecule has 4 aromatic rings. The molecule has 7 nitrogen and oxygen atoms in total. The maximum Gasteiger partial charge on any atom is 0.267 e. The third-order valence-electron chi connectivity index (χ3n) is 8.99. The number of aromatic amines is 1. The fourth-order valence-electron chi connectivity index (χ4n) is 6.65. The van der Waals surface area contributed by atoms with Crippen LogP contribution in [0.1, 0.15) is 67.9 Å². The summed E-state index contributed by atoms with van der Waals surface area (Å²) >= 11 is 0. The van der Waals surface area contributed by atoms with Crippen molar-refractivity contribution in [2.45, 2.75) is 64.5 Å². The number of aromatic nitrogens is 1. The molecule has 2 aliphatic heterocycles. The van der Waals surface area contributed by atoms with Crippen LogP contribution in [0.3, 0.4) is 0 Å². The Balaban J connectivity index is 0.980. The van der Waals surface area contributed by atoms with Crippen molar-refractivity contribution < 1.29 is 18.3 Å². The largest absolute Gasteiger partial charge is 0.488 e. The van der Waals surface area contributed by atoms with Gasteiger partial charge in [0.25, 0.3) is 5.91 Å². The molecule has 2 saturated heterocycles. The SMILES string of the molecule is C[C@@H](CCCN1CCCCC1)CN1CCC(NC(=O)c2cc3c(OCc4coc5cccc(F)c45)cccc3[nH]2)CC1. The molecule has 0 radical (unpaired) electrons. The average Bonchev–Trinajstić information content (AvgIpc) is 3.63. The maximum absolute atomic E-state index is 14.4. The summed E-state index contributed by atoms with van der Waals surface area (Å²) in [5.41, 5.74) is 2.48. The third kappa shape index (κ3) is 6.81. The Hall–Kier alpha value is -3.36. The number of ether oxygens (including phenoxy) is 1. The lowest BCUT2D eigenvalue weighted by molar-refractivity contribution is 0.0901. The van der Waals surface area contributed by atoms with Gasteiger partial charge in [-0.1, -0.05) is 25.5 Å². The maximum atomic E-state index is 14.4. The van der Waals surface area contributed by atoms with E-state index in [0.29, 0.717) is 33.9 Å². The zero-order chi connectivity index (χ0) is 28.9. The van der Waals surface area contributed by atoms with Crippen LogP contribution < -0.4 is 10.1 Å². The monoisotopic (exact) mass is 574 g/mol. The molecule has 0 bridgehead atoms. The number of H-pyrrole nitrogens is 1. The zero-order valence-electron chi connectivity index (χ0n) is 24.7. The van der Waals surface area contributed by atoms with Gasteiger partial charge in [0.1, 0.15) is 29.5 Å². The molecule has 0 spiro atoms. The van der Waals surface area contributed by atoms with E-state index >= 15 is 0 Å². The number of piperidine rings is 2. The van der Waals surface area contributed by atoms with Gasteiger partial charge in [-0.3, -0.25) is 4.79 Å². The smallest absolute Gasteiger partial charge is 0.267 e. The lowest BCUT2D eigenvalue weighted by Gasteiger charge is -2.34. The van der Waals surface area contributed by atoms with E-state index in [0.717, 1.165) is 43.4 Å². The highest BCUT2D eigenvalue weighted by Crippen LogP contribution is 2.30. The molecule has 2 fully saturated rings. The van der Waals surface area contributed by atoms with Crippen molar-refractivity contribution in [1.82, 2.24) is 20.1 Å². The second-order valence-corrected chi connectivity index (χ2v) is 12.3. The number of likely N-dealkylation sites (tertiary alicyclic amines) is 2. The standard InChI is InChI=1S/C34H43FN4O3/c1-24(8-7-17-38-15-3-2-4-16-38)21-39-18-13-26(14-19-39)36-34(40)30-20-27-29(37-30)10-6-11-31(27)41-22-25-23-42-32-12-5-9-28(35)33(25)32/h5-6,9-12,20,23-24,26,37H,2-4,7-8,13-19,21-22H2,1H3,(H,36,40)/t24-/m0/s1. The summed E-state index contributed by atoms with van der Waals surface area (Å²) in [6.45, 7) is 9.56. The number of rotatable bonds is 11. The molecule has 0 saturated carbocycles. The second-order valence-electron chi connectivity index (χ2n) is 12.3. The number of hydrogen-bond donors (Lipinski definition) is 2. The predicted molar refractivity (Wildman–Crippen MR) is 164 cm³/mol. The van der Waals surface area contributed by atoms with Crippen molar-refractivity contribution >= 4 is 27.8 Å². The molecule has 1 atom stereocenters. The Labute approximate surface area is 247 Å². The number of nitrogens with one attached hydrogen (secondary N) is 2. The van der Waals surface area contributed by atoms with Crippen molar-refractivity contribution in [1.29, 1.82) is 0 Å². The Morgan fingerprint density at radius 1 is 1.10 bits per heavy atom. The number of nitrogens with zero attached hydrogens (tertiary/aromatic N) is 2. The van der Waals surface area contributed by atoms with Crippen molar-refractivity contribution in [3.05, 3.63) is 65.8 Å². The van der Waals surface area contributed by atoms with Gasteiger partial charge in [-0.2, -0.15) is 0 Å². The second kappa shape index (κ2) is 13.3. The summed E-state index contributed by atoms with van der Waals surface area (Å²) in [6, 6.07) is 12.5. The summed E-state index contributed by atoms with van der Waals surface area (Å²) in [6.07, 6.45) is 10.2. The van der Waals surface area contributed by atoms with Crippen molar-refractivity contribution in [2.75, 3.05) is 39.3 Å². The highest BCUT2D eigenvalue weighted by Gasteiger charge is 2.23. The van der Waals surface area contributed by atoms with Gasteiger partial charge >= 0.3 is 0 Å². The van der Waals surface area contributed by atoms with Crippen LogP contribution in [-0.4, -0.2) is 66.0 Å². The molecule has 2 aromatic heterocycles. The Morgan fingerprint density at radius 2 is 1.90 bits per heavy atom. The number of furan rings is 1. The van der Waals surface area contributed by atoms with E-state index in [-0.39, 0.29) is 24.4 Å². The number of fused-ring (bicyclic) bond motifs is 2. The van der Waals surface area contributed by atoms with E-state index in [4.69, 9.17) is 9.15 Å². The van der Waals surface area contributed by atoms with Crippen LogP contribution in [0, 0.1) is 11.7 Å². The molecule has 4 heterocycles. The molecule has 0 unspecified atom stereocenters. The molecule has 8 heteroatoms. The fourth-order valence-corrected chi connectivity index (χ4v) is 6.65.